The fourth-order valence-corrected chi connectivity index (χ4v) is 3.79. The minimum atomic E-state index is -0.0418. The lowest BCUT2D eigenvalue weighted by Crippen LogP contribution is -2.23. The number of aryl methyl sites for hydroxylation is 1. The molecular formula is C21H32BrN5OS. The predicted molar refractivity (Wildman–Crippen MR) is 127 cm³/mol. The van der Waals surface area contributed by atoms with E-state index in [1.807, 2.05) is 13.0 Å². The van der Waals surface area contributed by atoms with Crippen LogP contribution in [-0.2, 0) is 0 Å². The van der Waals surface area contributed by atoms with Crippen molar-refractivity contribution in [3.8, 4) is 0 Å². The summed E-state index contributed by atoms with van der Waals surface area (Å²) in [6.45, 7) is 7.43. The zero-order valence-corrected chi connectivity index (χ0v) is 19.9. The molecule has 160 valence electrons. The zero-order chi connectivity index (χ0) is 21.1. The van der Waals surface area contributed by atoms with Crippen molar-refractivity contribution in [2.75, 3.05) is 23.8 Å². The van der Waals surface area contributed by atoms with Crippen LogP contribution in [0.1, 0.15) is 51.5 Å². The Morgan fingerprint density at radius 1 is 1.21 bits per heavy atom. The molecule has 2 aromatic rings. The van der Waals surface area contributed by atoms with Crippen molar-refractivity contribution in [3.63, 3.8) is 0 Å². The van der Waals surface area contributed by atoms with E-state index in [4.69, 9.17) is 0 Å². The Bertz CT molecular complexity index is 758. The number of aromatic nitrogens is 2. The number of rotatable bonds is 13. The van der Waals surface area contributed by atoms with E-state index < -0.39 is 0 Å². The average Bonchev–Trinajstić information content (AvgIpc) is 2.73. The van der Waals surface area contributed by atoms with Crippen molar-refractivity contribution in [2.45, 2.75) is 63.8 Å². The third kappa shape index (κ3) is 8.12. The fourth-order valence-electron chi connectivity index (χ4n) is 2.67. The van der Waals surface area contributed by atoms with Crippen LogP contribution in [0.4, 0.5) is 17.5 Å². The average molecular weight is 482 g/mol. The number of hydrogen-bond acceptors (Lipinski definition) is 7. The molecule has 6 nitrogen and oxygen atoms in total. The predicted octanol–water partition coefficient (Wildman–Crippen LogP) is 5.65. The van der Waals surface area contributed by atoms with E-state index in [0.717, 1.165) is 23.1 Å². The Morgan fingerprint density at radius 2 is 2.03 bits per heavy atom. The van der Waals surface area contributed by atoms with Crippen molar-refractivity contribution >= 4 is 45.3 Å². The highest BCUT2D eigenvalue weighted by molar-refractivity contribution is 9.10. The molecule has 0 amide bonds. The van der Waals surface area contributed by atoms with E-state index in [1.165, 1.54) is 36.1 Å². The Labute approximate surface area is 187 Å². The van der Waals surface area contributed by atoms with Gasteiger partial charge in [-0.15, -0.1) is 0 Å². The number of benzene rings is 1. The topological polar surface area (TPSA) is 82.1 Å². The SMILES string of the molecule is CCCCCCNSc1cc(Nc2ncc(Br)c(NC(CC)CO)n2)ccc1C. The van der Waals surface area contributed by atoms with Crippen molar-refractivity contribution in [3.05, 3.63) is 34.4 Å². The first-order chi connectivity index (χ1) is 14.1. The molecule has 1 aromatic carbocycles. The van der Waals surface area contributed by atoms with E-state index in [1.54, 1.807) is 18.1 Å². The molecule has 0 aliphatic rings. The zero-order valence-electron chi connectivity index (χ0n) is 17.5. The minimum Gasteiger partial charge on any atom is -0.394 e. The highest BCUT2D eigenvalue weighted by Gasteiger charge is 2.11. The standard InChI is InChI=1S/C21H32BrN5OS/c1-4-6-7-8-11-24-29-19-12-17(10-9-15(19)3)26-21-23-13-18(22)20(27-21)25-16(5-2)14-28/h9-10,12-13,16,24,28H,4-8,11,14H2,1-3H3,(H2,23,25,26,27). The quantitative estimate of drug-likeness (QED) is 0.217. The van der Waals surface area contributed by atoms with E-state index in [2.05, 4.69) is 67.2 Å². The highest BCUT2D eigenvalue weighted by Crippen LogP contribution is 2.27. The van der Waals surface area contributed by atoms with Crippen LogP contribution in [0.15, 0.2) is 33.8 Å². The molecule has 0 saturated heterocycles. The second-order valence-corrected chi connectivity index (χ2v) is 8.77. The molecule has 0 saturated carbocycles. The van der Waals surface area contributed by atoms with Gasteiger partial charge < -0.3 is 15.7 Å². The van der Waals surface area contributed by atoms with E-state index >= 15 is 0 Å². The van der Waals surface area contributed by atoms with Gasteiger partial charge in [0.25, 0.3) is 0 Å². The van der Waals surface area contributed by atoms with Crippen LogP contribution in [0.3, 0.4) is 0 Å². The molecule has 0 radical (unpaired) electrons. The number of nitrogens with one attached hydrogen (secondary N) is 3. The van der Waals surface area contributed by atoms with Crippen LogP contribution in [0.5, 0.6) is 0 Å². The second-order valence-electron chi connectivity index (χ2n) is 6.98. The number of aliphatic hydroxyl groups excluding tert-OH is 1. The molecule has 2 rings (SSSR count). The lowest BCUT2D eigenvalue weighted by Gasteiger charge is -2.16. The number of anilines is 3. The van der Waals surface area contributed by atoms with Gasteiger partial charge in [0.2, 0.25) is 5.95 Å². The van der Waals surface area contributed by atoms with Gasteiger partial charge in [0.1, 0.15) is 5.82 Å². The van der Waals surface area contributed by atoms with Gasteiger partial charge in [-0.25, -0.2) is 4.98 Å². The molecule has 0 aliphatic carbocycles. The maximum Gasteiger partial charge on any atom is 0.229 e. The molecule has 29 heavy (non-hydrogen) atoms. The minimum absolute atomic E-state index is 0.0418. The third-order valence-electron chi connectivity index (χ3n) is 4.56. The van der Waals surface area contributed by atoms with Gasteiger partial charge in [-0.2, -0.15) is 4.98 Å². The molecule has 1 heterocycles. The first-order valence-electron chi connectivity index (χ1n) is 10.2. The Hall–Kier alpha value is -1.35. The molecule has 8 heteroatoms. The van der Waals surface area contributed by atoms with Crippen LogP contribution in [0, 0.1) is 6.92 Å². The maximum atomic E-state index is 9.43. The van der Waals surface area contributed by atoms with Gasteiger partial charge >= 0.3 is 0 Å². The molecule has 0 spiro atoms. The van der Waals surface area contributed by atoms with Crippen molar-refractivity contribution in [1.82, 2.24) is 14.7 Å². The Balaban J connectivity index is 2.00. The molecular weight excluding hydrogens is 450 g/mol. The first-order valence-corrected chi connectivity index (χ1v) is 11.9. The van der Waals surface area contributed by atoms with Crippen LogP contribution in [0.25, 0.3) is 0 Å². The summed E-state index contributed by atoms with van der Waals surface area (Å²) >= 11 is 5.14. The lowest BCUT2D eigenvalue weighted by atomic mass is 10.2. The summed E-state index contributed by atoms with van der Waals surface area (Å²) in [7, 11) is 0. The van der Waals surface area contributed by atoms with Gasteiger partial charge in [-0.1, -0.05) is 39.2 Å². The van der Waals surface area contributed by atoms with Gasteiger partial charge in [0.05, 0.1) is 17.1 Å². The van der Waals surface area contributed by atoms with Crippen LogP contribution in [-0.4, -0.2) is 34.3 Å². The van der Waals surface area contributed by atoms with Crippen molar-refractivity contribution in [2.24, 2.45) is 0 Å². The van der Waals surface area contributed by atoms with Gasteiger partial charge in [-0.05, 0) is 65.3 Å². The summed E-state index contributed by atoms with van der Waals surface area (Å²) in [4.78, 5) is 10.1. The van der Waals surface area contributed by atoms with Gasteiger partial charge in [0, 0.05) is 23.3 Å². The summed E-state index contributed by atoms with van der Waals surface area (Å²) in [5.41, 5.74) is 2.17. The molecule has 4 N–H and O–H groups in total. The normalized spacial score (nSPS) is 12.0. The number of aliphatic hydroxyl groups is 1. The molecule has 1 atom stereocenters. The van der Waals surface area contributed by atoms with Crippen LogP contribution < -0.4 is 15.4 Å². The van der Waals surface area contributed by atoms with Crippen molar-refractivity contribution in [1.29, 1.82) is 0 Å². The van der Waals surface area contributed by atoms with Gasteiger partial charge in [-0.3, -0.25) is 4.72 Å². The Morgan fingerprint density at radius 3 is 2.76 bits per heavy atom. The Kier molecular flexibility index (Phi) is 10.8. The molecule has 0 aliphatic heterocycles. The smallest absolute Gasteiger partial charge is 0.229 e. The maximum absolute atomic E-state index is 9.43. The number of hydrogen-bond donors (Lipinski definition) is 4. The lowest BCUT2D eigenvalue weighted by molar-refractivity contribution is 0.271. The molecule has 0 fully saturated rings. The number of halogens is 1. The van der Waals surface area contributed by atoms with Crippen molar-refractivity contribution < 1.29 is 5.11 Å². The summed E-state index contributed by atoms with van der Waals surface area (Å²) in [5.74, 6) is 1.18. The number of unbranched alkanes of at least 4 members (excludes halogenated alkanes) is 3. The van der Waals surface area contributed by atoms with Gasteiger partial charge in [0.15, 0.2) is 0 Å². The van der Waals surface area contributed by atoms with Crippen LogP contribution >= 0.6 is 27.9 Å². The second kappa shape index (κ2) is 13.1. The molecule has 1 unspecified atom stereocenters. The number of nitrogens with zero attached hydrogens (tertiary/aromatic N) is 2. The van der Waals surface area contributed by atoms with Crippen LogP contribution in [0.2, 0.25) is 0 Å². The summed E-state index contributed by atoms with van der Waals surface area (Å²) in [6.07, 6.45) is 7.55. The summed E-state index contributed by atoms with van der Waals surface area (Å²) in [5, 5.41) is 15.9. The largest absolute Gasteiger partial charge is 0.394 e. The van der Waals surface area contributed by atoms with E-state index in [9.17, 15) is 5.11 Å². The summed E-state index contributed by atoms with van der Waals surface area (Å²) < 4.78 is 4.23. The van der Waals surface area contributed by atoms with E-state index in [0.29, 0.717) is 11.8 Å². The molecule has 0 bridgehead atoms. The van der Waals surface area contributed by atoms with E-state index in [-0.39, 0.29) is 12.6 Å². The summed E-state index contributed by atoms with van der Waals surface area (Å²) in [6, 6.07) is 6.20. The highest BCUT2D eigenvalue weighted by atomic mass is 79.9. The first kappa shape index (κ1) is 23.9. The molecule has 1 aromatic heterocycles. The third-order valence-corrected chi connectivity index (χ3v) is 6.15. The fraction of sp³-hybridized carbons (Fsp3) is 0.524. The monoisotopic (exact) mass is 481 g/mol.